The molecule has 8 nitrogen and oxygen atoms in total. The second kappa shape index (κ2) is 9.01. The summed E-state index contributed by atoms with van der Waals surface area (Å²) in [7, 11) is 1.43. The summed E-state index contributed by atoms with van der Waals surface area (Å²) in [5.41, 5.74) is 1.48. The number of methoxy groups -OCH3 is 1. The maximum absolute atomic E-state index is 12.0. The Hall–Kier alpha value is -3.68. The predicted octanol–water partition coefficient (Wildman–Crippen LogP) is 2.56. The van der Waals surface area contributed by atoms with Crippen LogP contribution in [-0.2, 0) is 14.3 Å². The van der Waals surface area contributed by atoms with Crippen molar-refractivity contribution in [2.45, 2.75) is 13.0 Å². The average Bonchev–Trinajstić information content (AvgIpc) is 3.19. The molecule has 1 amide bonds. The van der Waals surface area contributed by atoms with Crippen molar-refractivity contribution in [3.8, 4) is 23.0 Å². The zero-order chi connectivity index (χ0) is 20.8. The van der Waals surface area contributed by atoms with Crippen LogP contribution in [0.25, 0.3) is 6.08 Å². The van der Waals surface area contributed by atoms with Gasteiger partial charge in [-0.15, -0.1) is 0 Å². The maximum Gasteiger partial charge on any atom is 0.331 e. The van der Waals surface area contributed by atoms with E-state index >= 15 is 0 Å². The highest BCUT2D eigenvalue weighted by Gasteiger charge is 2.17. The van der Waals surface area contributed by atoms with Crippen LogP contribution in [0, 0.1) is 0 Å². The third-order valence-electron chi connectivity index (χ3n) is 4.24. The fourth-order valence-electron chi connectivity index (χ4n) is 2.70. The molecule has 152 valence electrons. The second-order valence-corrected chi connectivity index (χ2v) is 6.27. The fourth-order valence-corrected chi connectivity index (χ4v) is 2.70. The van der Waals surface area contributed by atoms with Gasteiger partial charge in [-0.3, -0.25) is 4.79 Å². The minimum Gasteiger partial charge on any atom is -0.504 e. The topological polar surface area (TPSA) is 103 Å². The number of ether oxygens (including phenoxy) is 4. The van der Waals surface area contributed by atoms with Crippen molar-refractivity contribution >= 4 is 18.0 Å². The van der Waals surface area contributed by atoms with Gasteiger partial charge >= 0.3 is 5.97 Å². The Kier molecular flexibility index (Phi) is 6.23. The van der Waals surface area contributed by atoms with Crippen molar-refractivity contribution in [2.75, 3.05) is 20.5 Å². The summed E-state index contributed by atoms with van der Waals surface area (Å²) < 4.78 is 20.5. The molecular formula is C21H21NO7. The number of hydrogen-bond acceptors (Lipinski definition) is 7. The molecule has 0 spiro atoms. The molecule has 1 aliphatic heterocycles. The number of amides is 1. The molecule has 2 aromatic rings. The SMILES string of the molecule is COc1cc(/C=C/C(=O)OCC(=O)N[C@H](C)c2ccc3c(c2)OCO3)ccc1O. The van der Waals surface area contributed by atoms with Gasteiger partial charge < -0.3 is 29.4 Å². The number of hydrogen-bond donors (Lipinski definition) is 2. The standard InChI is InChI=1S/C21H21NO7/c1-13(15-5-7-17-19(10-15)29-12-28-17)22-20(24)11-27-21(25)8-4-14-3-6-16(23)18(9-14)26-2/h3-10,13,23H,11-12H2,1-2H3,(H,22,24)/b8-4+/t13-/m1/s1. The number of carbonyl (C=O) groups is 2. The minimum atomic E-state index is -0.664. The van der Waals surface area contributed by atoms with Gasteiger partial charge in [-0.05, 0) is 48.4 Å². The summed E-state index contributed by atoms with van der Waals surface area (Å²) in [5, 5.41) is 12.3. The second-order valence-electron chi connectivity index (χ2n) is 6.27. The van der Waals surface area contributed by atoms with E-state index in [9.17, 15) is 14.7 Å². The summed E-state index contributed by atoms with van der Waals surface area (Å²) in [6.07, 6.45) is 2.69. The van der Waals surface area contributed by atoms with Crippen LogP contribution in [0.2, 0.25) is 0 Å². The lowest BCUT2D eigenvalue weighted by Gasteiger charge is -2.14. The van der Waals surface area contributed by atoms with E-state index in [1.54, 1.807) is 24.3 Å². The lowest BCUT2D eigenvalue weighted by atomic mass is 10.1. The predicted molar refractivity (Wildman–Crippen MR) is 104 cm³/mol. The molecule has 1 heterocycles. The van der Waals surface area contributed by atoms with Crippen molar-refractivity contribution in [2.24, 2.45) is 0 Å². The molecular weight excluding hydrogens is 378 g/mol. The van der Waals surface area contributed by atoms with Crippen LogP contribution in [0.3, 0.4) is 0 Å². The van der Waals surface area contributed by atoms with Gasteiger partial charge in [-0.25, -0.2) is 4.79 Å². The molecule has 29 heavy (non-hydrogen) atoms. The molecule has 2 N–H and O–H groups in total. The van der Waals surface area contributed by atoms with Gasteiger partial charge in [0.2, 0.25) is 6.79 Å². The van der Waals surface area contributed by atoms with Crippen LogP contribution in [0.5, 0.6) is 23.0 Å². The van der Waals surface area contributed by atoms with E-state index in [1.165, 1.54) is 25.3 Å². The number of phenolic OH excluding ortho intramolecular Hbond substituents is 1. The van der Waals surface area contributed by atoms with Gasteiger partial charge in [0.05, 0.1) is 13.2 Å². The van der Waals surface area contributed by atoms with Crippen molar-refractivity contribution in [1.82, 2.24) is 5.32 Å². The van der Waals surface area contributed by atoms with Crippen molar-refractivity contribution in [1.29, 1.82) is 0 Å². The summed E-state index contributed by atoms with van der Waals surface area (Å²) in [5.74, 6) is 0.495. The first kappa shape index (κ1) is 20.1. The van der Waals surface area contributed by atoms with E-state index in [0.29, 0.717) is 17.1 Å². The Morgan fingerprint density at radius 3 is 2.79 bits per heavy atom. The average molecular weight is 399 g/mol. The molecule has 2 aromatic carbocycles. The van der Waals surface area contributed by atoms with Crippen molar-refractivity contribution in [3.05, 3.63) is 53.6 Å². The van der Waals surface area contributed by atoms with Gasteiger partial charge in [0.25, 0.3) is 5.91 Å². The molecule has 0 aliphatic carbocycles. The highest BCUT2D eigenvalue weighted by atomic mass is 16.7. The molecule has 0 radical (unpaired) electrons. The van der Waals surface area contributed by atoms with Crippen LogP contribution >= 0.6 is 0 Å². The van der Waals surface area contributed by atoms with Crippen LogP contribution in [-0.4, -0.2) is 37.5 Å². The molecule has 0 aromatic heterocycles. The Balaban J connectivity index is 1.48. The lowest BCUT2D eigenvalue weighted by Crippen LogP contribution is -2.30. The van der Waals surface area contributed by atoms with E-state index in [1.807, 2.05) is 13.0 Å². The Labute approximate surface area is 167 Å². The van der Waals surface area contributed by atoms with Gasteiger partial charge in [0, 0.05) is 6.08 Å². The first-order valence-corrected chi connectivity index (χ1v) is 8.87. The molecule has 0 bridgehead atoms. The molecule has 0 saturated heterocycles. The molecule has 0 saturated carbocycles. The number of aromatic hydroxyl groups is 1. The number of nitrogens with one attached hydrogen (secondary N) is 1. The Morgan fingerprint density at radius 1 is 1.21 bits per heavy atom. The van der Waals surface area contributed by atoms with Gasteiger partial charge in [-0.2, -0.15) is 0 Å². The fraction of sp³-hybridized carbons (Fsp3) is 0.238. The van der Waals surface area contributed by atoms with Crippen LogP contribution < -0.4 is 19.5 Å². The number of fused-ring (bicyclic) bond motifs is 1. The van der Waals surface area contributed by atoms with Crippen molar-refractivity contribution < 1.29 is 33.6 Å². The smallest absolute Gasteiger partial charge is 0.331 e. The number of benzene rings is 2. The third kappa shape index (κ3) is 5.19. The lowest BCUT2D eigenvalue weighted by molar-refractivity contribution is -0.144. The van der Waals surface area contributed by atoms with Gasteiger partial charge in [0.1, 0.15) is 0 Å². The summed E-state index contributed by atoms with van der Waals surface area (Å²) in [6, 6.07) is 9.75. The first-order valence-electron chi connectivity index (χ1n) is 8.87. The van der Waals surface area contributed by atoms with Gasteiger partial charge in [0.15, 0.2) is 29.6 Å². The van der Waals surface area contributed by atoms with E-state index in [2.05, 4.69) is 5.32 Å². The molecule has 1 atom stereocenters. The first-order chi connectivity index (χ1) is 14.0. The molecule has 0 unspecified atom stereocenters. The number of esters is 1. The summed E-state index contributed by atoms with van der Waals surface area (Å²) in [4.78, 5) is 23.9. The zero-order valence-electron chi connectivity index (χ0n) is 16.0. The Morgan fingerprint density at radius 2 is 2.00 bits per heavy atom. The van der Waals surface area contributed by atoms with Crippen molar-refractivity contribution in [3.63, 3.8) is 0 Å². The van der Waals surface area contributed by atoms with E-state index in [0.717, 1.165) is 5.56 Å². The minimum absolute atomic E-state index is 0.000442. The quantitative estimate of drug-likeness (QED) is 0.545. The van der Waals surface area contributed by atoms with E-state index in [4.69, 9.17) is 18.9 Å². The number of phenols is 1. The molecule has 3 rings (SSSR count). The number of rotatable bonds is 7. The summed E-state index contributed by atoms with van der Waals surface area (Å²) in [6.45, 7) is 1.59. The van der Waals surface area contributed by atoms with E-state index in [-0.39, 0.29) is 24.3 Å². The van der Waals surface area contributed by atoms with Crippen LogP contribution in [0.1, 0.15) is 24.1 Å². The Bertz CT molecular complexity index is 939. The monoisotopic (exact) mass is 399 g/mol. The maximum atomic E-state index is 12.0. The third-order valence-corrected chi connectivity index (χ3v) is 4.24. The molecule has 0 fully saturated rings. The van der Waals surface area contributed by atoms with Crippen LogP contribution in [0.4, 0.5) is 0 Å². The highest BCUT2D eigenvalue weighted by Crippen LogP contribution is 2.34. The summed E-state index contributed by atoms with van der Waals surface area (Å²) >= 11 is 0. The van der Waals surface area contributed by atoms with E-state index < -0.39 is 18.5 Å². The zero-order valence-corrected chi connectivity index (χ0v) is 16.0. The normalized spacial score (nSPS) is 13.2. The largest absolute Gasteiger partial charge is 0.504 e. The van der Waals surface area contributed by atoms with Crippen LogP contribution in [0.15, 0.2) is 42.5 Å². The molecule has 1 aliphatic rings. The van der Waals surface area contributed by atoms with Gasteiger partial charge in [-0.1, -0.05) is 12.1 Å². The number of carbonyl (C=O) groups excluding carboxylic acids is 2. The molecule has 8 heteroatoms. The highest BCUT2D eigenvalue weighted by molar-refractivity contribution is 5.89.